The van der Waals surface area contributed by atoms with Gasteiger partial charge in [0.25, 0.3) is 0 Å². The molecule has 0 aromatic carbocycles. The summed E-state index contributed by atoms with van der Waals surface area (Å²) < 4.78 is 4.83. The largest absolute Gasteiger partial charge is 1.00 e. The van der Waals surface area contributed by atoms with Crippen molar-refractivity contribution in [2.75, 3.05) is 0 Å². The molecule has 8 heteroatoms. The molecule has 0 aromatic heterocycles. The Hall–Kier alpha value is 3.74. The van der Waals surface area contributed by atoms with E-state index in [9.17, 15) is 0 Å². The van der Waals surface area contributed by atoms with Crippen LogP contribution in [0.3, 0.4) is 0 Å². The summed E-state index contributed by atoms with van der Waals surface area (Å²) in [7, 11) is 9.81. The molecule has 0 saturated heterocycles. The standard InChI is InChI=1S/C2H4O2.3ClH.K.Mg.Na/c1-2(3)4;;;;;;/h1H3,(H,3,4);3*1H;;;/q;;;;+1;+2;+1/p-4. The number of aliphatic carboxylic acids is 1. The van der Waals surface area contributed by atoms with Crippen molar-refractivity contribution < 1.29 is 39.5 Å². The molecule has 0 unspecified atom stereocenters. The van der Waals surface area contributed by atoms with E-state index in [1.54, 1.807) is 0 Å². The summed E-state index contributed by atoms with van der Waals surface area (Å²) in [5.74, 6) is -1.08. The number of rotatable bonds is 0. The van der Waals surface area contributed by atoms with Gasteiger partial charge >= 0.3 is 98.6 Å². The van der Waals surface area contributed by atoms with Gasteiger partial charge in [-0.25, -0.2) is 0 Å². The summed E-state index contributed by atoms with van der Waals surface area (Å²) in [6.45, 7) is 0.972. The van der Waals surface area contributed by atoms with Crippen molar-refractivity contribution in [2.45, 2.75) is 6.92 Å². The van der Waals surface area contributed by atoms with Crippen molar-refractivity contribution in [3.63, 3.8) is 0 Å². The number of hydrogen-bond donors (Lipinski definition) is 0. The van der Waals surface area contributed by atoms with Crippen LogP contribution in [0.1, 0.15) is 6.92 Å². The van der Waals surface area contributed by atoms with Gasteiger partial charge in [0.15, 0.2) is 0 Å². The zero-order valence-corrected chi connectivity index (χ0v) is 15.0. The van der Waals surface area contributed by atoms with Crippen LogP contribution < -0.4 is 34.7 Å². The minimum absolute atomic E-state index is 0. The van der Waals surface area contributed by atoms with E-state index in [0.717, 1.165) is 6.92 Å². The molecule has 0 amide bonds. The van der Waals surface area contributed by atoms with Crippen LogP contribution in [-0.2, 0) is 4.79 Å². The molecule has 2 nitrogen and oxygen atoms in total. The topological polar surface area (TPSA) is 40.1 Å². The second-order valence-electron chi connectivity index (χ2n) is 0.593. The number of carboxylic acid groups (broad SMARTS) is 1. The summed E-state index contributed by atoms with van der Waals surface area (Å²) >= 11 is -0.104. The number of halogens is 3. The molecule has 0 atom stereocenters. The number of carboxylic acids is 1. The first-order chi connectivity index (χ1) is 4.15. The van der Waals surface area contributed by atoms with Crippen molar-refractivity contribution >= 4 is 93.2 Å². The molecule has 0 aliphatic carbocycles. The predicted molar refractivity (Wildman–Crippen MR) is 39.7 cm³/mol. The first-order valence-corrected chi connectivity index (χ1v) is 10.4. The Morgan fingerprint density at radius 3 is 1.50 bits per heavy atom. The van der Waals surface area contributed by atoms with Gasteiger partial charge in [0, 0.05) is 5.97 Å². The molecule has 0 aromatic rings. The van der Waals surface area contributed by atoms with Gasteiger partial charge in [0.05, 0.1) is 0 Å². The molecular weight excluding hydrogens is 249 g/mol. The van der Waals surface area contributed by atoms with Gasteiger partial charge in [0.2, 0.25) is 0 Å². The average Bonchev–Trinajstić information content (AvgIpc) is 1.71. The molecule has 0 aliphatic heterocycles. The smallest absolute Gasteiger partial charge is 0.309 e. The van der Waals surface area contributed by atoms with Gasteiger partial charge < -0.3 is 28.0 Å². The number of carbonyl (C=O) groups is 1. The first kappa shape index (κ1) is 23.5. The number of hydrogen-bond acceptors (Lipinski definition) is 2. The molecule has 0 N–H and O–H groups in total. The molecule has 48 valence electrons. The molecule has 0 aliphatic rings. The Bertz CT molecular complexity index is 55.8. The molecule has 0 radical (unpaired) electrons. The normalized spacial score (nSPS) is 4.20. The Kier molecular flexibility index (Phi) is 68.9. The van der Waals surface area contributed by atoms with E-state index < -0.39 is 24.1 Å². The number of carbonyl (C=O) groups excluding carboxylic acids is 1. The molecule has 0 fully saturated rings. The maximum atomic E-state index is 8.89. The Morgan fingerprint density at radius 2 is 1.50 bits per heavy atom. The van der Waals surface area contributed by atoms with E-state index in [4.69, 9.17) is 31.8 Å². The van der Waals surface area contributed by atoms with Crippen LogP contribution in [0.15, 0.2) is 0 Å². The van der Waals surface area contributed by atoms with Gasteiger partial charge in [0.1, 0.15) is 0 Å². The van der Waals surface area contributed by atoms with Gasteiger partial charge in [-0.15, -0.1) is 0 Å². The van der Waals surface area contributed by atoms with Crippen molar-refractivity contribution in [3.05, 3.63) is 0 Å². The molecule has 0 saturated carbocycles. The fraction of sp³-hybridized carbons (Fsp3) is 0.500. The molecule has 10 heavy (non-hydrogen) atoms. The van der Waals surface area contributed by atoms with Crippen molar-refractivity contribution in [3.8, 4) is 0 Å². The summed E-state index contributed by atoms with van der Waals surface area (Å²) in [4.78, 5) is 8.89. The van der Waals surface area contributed by atoms with E-state index in [1.807, 2.05) is 0 Å². The van der Waals surface area contributed by atoms with Crippen molar-refractivity contribution in [1.29, 1.82) is 0 Å². The maximum absolute atomic E-state index is 8.89. The van der Waals surface area contributed by atoms with Crippen LogP contribution in [0.4, 0.5) is 0 Å². The average molecular weight is 252 g/mol. The van der Waals surface area contributed by atoms with Crippen LogP contribution in [-0.4, -0.2) is 71.3 Å². The van der Waals surface area contributed by atoms with Gasteiger partial charge in [-0.2, -0.15) is 0 Å². The third kappa shape index (κ3) is 96.7. The second-order valence-corrected chi connectivity index (χ2v) is 3.22. The fourth-order valence-corrected chi connectivity index (χ4v) is 0. The second kappa shape index (κ2) is 29.3. The quantitative estimate of drug-likeness (QED) is 0.433. The zero-order chi connectivity index (χ0) is 8.28. The van der Waals surface area contributed by atoms with Crippen molar-refractivity contribution in [2.24, 2.45) is 0 Å². The third-order valence-electron chi connectivity index (χ3n) is 0. The first-order valence-electron chi connectivity index (χ1n) is 1.82. The summed E-state index contributed by atoms with van der Waals surface area (Å²) in [5, 5.41) is 8.89. The van der Waals surface area contributed by atoms with Crippen LogP contribution in [0, 0.1) is 0 Å². The summed E-state index contributed by atoms with van der Waals surface area (Å²) in [6, 6.07) is 0. The Morgan fingerprint density at radius 1 is 1.50 bits per heavy atom. The zero-order valence-electron chi connectivity index (χ0n) is 6.16. The Balaban J connectivity index is -0.0000000273. The molecule has 0 rings (SSSR count). The maximum Gasteiger partial charge on any atom is 1.00 e. The minimum atomic E-state index is -1.08. The van der Waals surface area contributed by atoms with E-state index in [-0.39, 0.29) is 29.6 Å². The van der Waals surface area contributed by atoms with E-state index in [0.29, 0.717) is 47.1 Å². The van der Waals surface area contributed by atoms with Gasteiger partial charge in [-0.3, -0.25) is 0 Å². The summed E-state index contributed by atoms with van der Waals surface area (Å²) in [5.41, 5.74) is 0. The molecule has 0 bridgehead atoms. The SMILES string of the molecule is CC(=O)[O-].[Cl][K].[Cl][Mg][Cl].[Na+]. The van der Waals surface area contributed by atoms with Crippen LogP contribution >= 0.6 is 21.9 Å². The Labute approximate surface area is 136 Å². The van der Waals surface area contributed by atoms with Crippen LogP contribution in [0.5, 0.6) is 0 Å². The van der Waals surface area contributed by atoms with E-state index >= 15 is 0 Å². The van der Waals surface area contributed by atoms with Crippen LogP contribution in [0.2, 0.25) is 0 Å². The monoisotopic (exact) mass is 250 g/mol. The minimum Gasteiger partial charge on any atom is -0.309 e. The van der Waals surface area contributed by atoms with Gasteiger partial charge in [-0.1, -0.05) is 0 Å². The van der Waals surface area contributed by atoms with E-state index in [1.165, 1.54) is 0 Å². The van der Waals surface area contributed by atoms with Crippen LogP contribution in [0.25, 0.3) is 0 Å². The molecule has 0 heterocycles. The molecular formula is C2H3Cl3KMgNaO2. The summed E-state index contributed by atoms with van der Waals surface area (Å²) in [6.07, 6.45) is 0. The predicted octanol–water partition coefficient (Wildman–Crippen LogP) is -2.93. The van der Waals surface area contributed by atoms with Gasteiger partial charge in [-0.05, 0) is 6.92 Å². The van der Waals surface area contributed by atoms with E-state index in [2.05, 4.69) is 0 Å². The fourth-order valence-electron chi connectivity index (χ4n) is 0. The van der Waals surface area contributed by atoms with Crippen molar-refractivity contribution in [1.82, 2.24) is 0 Å². The third-order valence-corrected chi connectivity index (χ3v) is 0. The molecule has 0 spiro atoms.